The third kappa shape index (κ3) is 3.21. The number of anilines is 1. The fraction of sp³-hybridized carbons (Fsp3) is 0.571. The molecule has 0 aromatic heterocycles. The second kappa shape index (κ2) is 5.24. The first-order valence-corrected chi connectivity index (χ1v) is 6.35. The van der Waals surface area contributed by atoms with Crippen LogP contribution < -0.4 is 10.2 Å². The van der Waals surface area contributed by atoms with Crippen LogP contribution in [0.4, 0.5) is 10.1 Å². The number of hydrogen-bond acceptors (Lipinski definition) is 3. The van der Waals surface area contributed by atoms with Gasteiger partial charge in [0.25, 0.3) is 0 Å². The standard InChI is InChI=1S/C14H21FN2O/c1-14(2)9-16-12(8-18)7-17(10-14)13-5-3-11(15)4-6-13/h3-6,12,16,18H,7-10H2,1-2H3. The van der Waals surface area contributed by atoms with E-state index in [0.29, 0.717) is 0 Å². The minimum absolute atomic E-state index is 0.0665. The molecule has 1 fully saturated rings. The third-order valence-electron chi connectivity index (χ3n) is 3.34. The Labute approximate surface area is 108 Å². The predicted molar refractivity (Wildman–Crippen MR) is 71.3 cm³/mol. The maximum Gasteiger partial charge on any atom is 0.123 e. The summed E-state index contributed by atoms with van der Waals surface area (Å²) in [6.45, 7) is 7.00. The summed E-state index contributed by atoms with van der Waals surface area (Å²) >= 11 is 0. The fourth-order valence-electron chi connectivity index (χ4n) is 2.36. The van der Waals surface area contributed by atoms with Gasteiger partial charge in [0.2, 0.25) is 0 Å². The Kier molecular flexibility index (Phi) is 3.88. The Hall–Kier alpha value is -1.13. The topological polar surface area (TPSA) is 35.5 Å². The van der Waals surface area contributed by atoms with Crippen LogP contribution in [0.3, 0.4) is 0 Å². The molecular formula is C14H21FN2O. The van der Waals surface area contributed by atoms with Gasteiger partial charge in [-0.15, -0.1) is 0 Å². The second-order valence-corrected chi connectivity index (χ2v) is 5.78. The smallest absolute Gasteiger partial charge is 0.123 e. The average Bonchev–Trinajstić information content (AvgIpc) is 2.48. The fourth-order valence-corrected chi connectivity index (χ4v) is 2.36. The largest absolute Gasteiger partial charge is 0.395 e. The van der Waals surface area contributed by atoms with E-state index >= 15 is 0 Å². The highest BCUT2D eigenvalue weighted by Gasteiger charge is 2.28. The van der Waals surface area contributed by atoms with Crippen LogP contribution in [0, 0.1) is 11.2 Å². The molecule has 1 unspecified atom stereocenters. The molecule has 100 valence electrons. The average molecular weight is 252 g/mol. The van der Waals surface area contributed by atoms with E-state index in [1.54, 1.807) is 12.1 Å². The zero-order valence-electron chi connectivity index (χ0n) is 11.0. The van der Waals surface area contributed by atoms with E-state index in [9.17, 15) is 9.50 Å². The zero-order valence-corrected chi connectivity index (χ0v) is 11.0. The number of benzene rings is 1. The number of rotatable bonds is 2. The van der Waals surface area contributed by atoms with E-state index in [2.05, 4.69) is 24.1 Å². The van der Waals surface area contributed by atoms with Gasteiger partial charge in [-0.3, -0.25) is 0 Å². The molecule has 0 bridgehead atoms. The number of halogens is 1. The molecule has 0 aliphatic carbocycles. The lowest BCUT2D eigenvalue weighted by molar-refractivity contribution is 0.242. The maximum absolute atomic E-state index is 13.0. The van der Waals surface area contributed by atoms with Gasteiger partial charge >= 0.3 is 0 Å². The first-order chi connectivity index (χ1) is 8.50. The van der Waals surface area contributed by atoms with E-state index in [0.717, 1.165) is 25.3 Å². The van der Waals surface area contributed by atoms with Crippen LogP contribution in [0.1, 0.15) is 13.8 Å². The Morgan fingerprint density at radius 1 is 1.39 bits per heavy atom. The number of aliphatic hydroxyl groups is 1. The van der Waals surface area contributed by atoms with Crippen molar-refractivity contribution >= 4 is 5.69 Å². The van der Waals surface area contributed by atoms with Crippen molar-refractivity contribution in [2.45, 2.75) is 19.9 Å². The van der Waals surface area contributed by atoms with E-state index < -0.39 is 0 Å². The van der Waals surface area contributed by atoms with Crippen LogP contribution in [0.25, 0.3) is 0 Å². The second-order valence-electron chi connectivity index (χ2n) is 5.78. The van der Waals surface area contributed by atoms with Crippen LogP contribution in [-0.4, -0.2) is 37.4 Å². The van der Waals surface area contributed by atoms with E-state index in [1.165, 1.54) is 12.1 Å². The number of aliphatic hydroxyl groups excluding tert-OH is 1. The lowest BCUT2D eigenvalue weighted by Gasteiger charge is -2.31. The lowest BCUT2D eigenvalue weighted by Crippen LogP contribution is -2.40. The van der Waals surface area contributed by atoms with Crippen LogP contribution in [0.15, 0.2) is 24.3 Å². The Morgan fingerprint density at radius 2 is 2.06 bits per heavy atom. The van der Waals surface area contributed by atoms with Crippen LogP contribution in [0.5, 0.6) is 0 Å². The summed E-state index contributed by atoms with van der Waals surface area (Å²) in [6.07, 6.45) is 0. The summed E-state index contributed by atoms with van der Waals surface area (Å²) in [5.41, 5.74) is 1.13. The Balaban J connectivity index is 2.20. The molecule has 0 amide bonds. The van der Waals surface area contributed by atoms with E-state index in [1.807, 2.05) is 0 Å². The van der Waals surface area contributed by atoms with E-state index in [-0.39, 0.29) is 23.9 Å². The minimum Gasteiger partial charge on any atom is -0.395 e. The molecule has 1 heterocycles. The molecule has 0 spiro atoms. The molecular weight excluding hydrogens is 231 g/mol. The molecule has 1 saturated heterocycles. The van der Waals surface area contributed by atoms with Crippen molar-refractivity contribution in [2.24, 2.45) is 5.41 Å². The molecule has 3 nitrogen and oxygen atoms in total. The van der Waals surface area contributed by atoms with Crippen molar-refractivity contribution in [1.29, 1.82) is 0 Å². The van der Waals surface area contributed by atoms with Gasteiger partial charge in [0.05, 0.1) is 6.61 Å². The predicted octanol–water partition coefficient (Wildman–Crippen LogP) is 1.62. The summed E-state index contributed by atoms with van der Waals surface area (Å²) in [7, 11) is 0. The normalized spacial score (nSPS) is 23.8. The van der Waals surface area contributed by atoms with Crippen LogP contribution in [-0.2, 0) is 0 Å². The Bertz CT molecular complexity index is 391. The molecule has 1 atom stereocenters. The molecule has 18 heavy (non-hydrogen) atoms. The lowest BCUT2D eigenvalue weighted by atomic mass is 9.93. The SMILES string of the molecule is CC1(C)CNC(CO)CN(c2ccc(F)cc2)C1. The highest BCUT2D eigenvalue weighted by atomic mass is 19.1. The Morgan fingerprint density at radius 3 is 2.67 bits per heavy atom. The van der Waals surface area contributed by atoms with Crippen LogP contribution >= 0.6 is 0 Å². The molecule has 1 aromatic carbocycles. The van der Waals surface area contributed by atoms with Gasteiger partial charge in [-0.25, -0.2) is 4.39 Å². The van der Waals surface area contributed by atoms with Gasteiger partial charge in [0, 0.05) is 31.4 Å². The van der Waals surface area contributed by atoms with Crippen molar-refractivity contribution in [1.82, 2.24) is 5.32 Å². The summed E-state index contributed by atoms with van der Waals surface area (Å²) in [4.78, 5) is 2.21. The quantitative estimate of drug-likeness (QED) is 0.839. The van der Waals surface area contributed by atoms with Crippen molar-refractivity contribution in [2.75, 3.05) is 31.1 Å². The van der Waals surface area contributed by atoms with Gasteiger partial charge < -0.3 is 15.3 Å². The minimum atomic E-state index is -0.218. The number of nitrogens with zero attached hydrogens (tertiary/aromatic N) is 1. The van der Waals surface area contributed by atoms with Gasteiger partial charge in [0.1, 0.15) is 5.82 Å². The first-order valence-electron chi connectivity index (χ1n) is 6.35. The zero-order chi connectivity index (χ0) is 13.2. The van der Waals surface area contributed by atoms with Crippen LogP contribution in [0.2, 0.25) is 0 Å². The van der Waals surface area contributed by atoms with Crippen molar-refractivity contribution in [3.63, 3.8) is 0 Å². The van der Waals surface area contributed by atoms with Gasteiger partial charge in [-0.05, 0) is 29.7 Å². The molecule has 4 heteroatoms. The van der Waals surface area contributed by atoms with Gasteiger partial charge in [-0.2, -0.15) is 0 Å². The molecule has 1 aliphatic heterocycles. The molecule has 1 aromatic rings. The number of nitrogens with one attached hydrogen (secondary N) is 1. The molecule has 1 aliphatic rings. The van der Waals surface area contributed by atoms with Gasteiger partial charge in [0.15, 0.2) is 0 Å². The summed E-state index contributed by atoms with van der Waals surface area (Å²) < 4.78 is 13.0. The first kappa shape index (κ1) is 13.3. The molecule has 0 saturated carbocycles. The maximum atomic E-state index is 13.0. The highest BCUT2D eigenvalue weighted by molar-refractivity contribution is 5.47. The molecule has 2 N–H and O–H groups in total. The van der Waals surface area contributed by atoms with Crippen molar-refractivity contribution in [3.05, 3.63) is 30.1 Å². The van der Waals surface area contributed by atoms with Crippen molar-refractivity contribution in [3.8, 4) is 0 Å². The summed E-state index contributed by atoms with van der Waals surface area (Å²) in [6, 6.07) is 6.62. The molecule has 0 radical (unpaired) electrons. The highest BCUT2D eigenvalue weighted by Crippen LogP contribution is 2.24. The monoisotopic (exact) mass is 252 g/mol. The summed E-state index contributed by atoms with van der Waals surface area (Å²) in [5, 5.41) is 12.7. The van der Waals surface area contributed by atoms with E-state index in [4.69, 9.17) is 0 Å². The summed E-state index contributed by atoms with van der Waals surface area (Å²) in [5.74, 6) is -0.218. The van der Waals surface area contributed by atoms with Crippen molar-refractivity contribution < 1.29 is 9.50 Å². The number of hydrogen-bond donors (Lipinski definition) is 2. The van der Waals surface area contributed by atoms with Gasteiger partial charge in [-0.1, -0.05) is 13.8 Å². The third-order valence-corrected chi connectivity index (χ3v) is 3.34. The molecule has 2 rings (SSSR count).